The molecule has 1 aliphatic rings. The second-order valence-electron chi connectivity index (χ2n) is 6.96. The summed E-state index contributed by atoms with van der Waals surface area (Å²) in [6.45, 7) is 0. The number of halogens is 2. The first-order chi connectivity index (χ1) is 14.9. The van der Waals surface area contributed by atoms with Crippen molar-refractivity contribution in [3.63, 3.8) is 0 Å². The van der Waals surface area contributed by atoms with Gasteiger partial charge in [0.1, 0.15) is 6.04 Å². The molecule has 1 heterocycles. The van der Waals surface area contributed by atoms with E-state index in [9.17, 15) is 14.4 Å². The molecule has 156 valence electrons. The van der Waals surface area contributed by atoms with Crippen molar-refractivity contribution in [2.24, 2.45) is 0 Å². The molecule has 0 saturated carbocycles. The van der Waals surface area contributed by atoms with E-state index < -0.39 is 11.9 Å². The minimum absolute atomic E-state index is 0.199. The van der Waals surface area contributed by atoms with E-state index in [0.717, 1.165) is 4.47 Å². The first kappa shape index (κ1) is 21.1. The van der Waals surface area contributed by atoms with Crippen LogP contribution in [0.3, 0.4) is 0 Å². The van der Waals surface area contributed by atoms with Crippen LogP contribution in [0.1, 0.15) is 16.8 Å². The van der Waals surface area contributed by atoms with Crippen LogP contribution in [0.25, 0.3) is 0 Å². The van der Waals surface area contributed by atoms with Crippen molar-refractivity contribution in [2.75, 3.05) is 15.5 Å². The molecule has 3 aromatic carbocycles. The Balaban J connectivity index is 1.64. The molecule has 4 rings (SSSR count). The fourth-order valence-corrected chi connectivity index (χ4v) is 3.77. The lowest BCUT2D eigenvalue weighted by Crippen LogP contribution is -2.52. The topological polar surface area (TPSA) is 78.5 Å². The van der Waals surface area contributed by atoms with Crippen molar-refractivity contribution in [1.29, 1.82) is 0 Å². The fraction of sp³-hybridized carbons (Fsp3) is 0.0870. The number of hydrogen-bond donors (Lipinski definition) is 2. The van der Waals surface area contributed by atoms with Gasteiger partial charge in [-0.15, -0.1) is 0 Å². The minimum Gasteiger partial charge on any atom is -0.326 e. The van der Waals surface area contributed by atoms with Crippen LogP contribution in [0.15, 0.2) is 77.3 Å². The second-order valence-corrected chi connectivity index (χ2v) is 8.32. The number of amides is 3. The molecule has 31 heavy (non-hydrogen) atoms. The molecule has 6 nitrogen and oxygen atoms in total. The lowest BCUT2D eigenvalue weighted by molar-refractivity contribution is -0.122. The molecule has 0 aromatic heterocycles. The third kappa shape index (κ3) is 4.62. The summed E-state index contributed by atoms with van der Waals surface area (Å²) in [7, 11) is 0. The number of carbonyl (C=O) groups excluding carboxylic acids is 3. The van der Waals surface area contributed by atoms with Crippen LogP contribution in [-0.4, -0.2) is 23.8 Å². The van der Waals surface area contributed by atoms with E-state index in [1.807, 2.05) is 0 Å². The number of anilines is 3. The van der Waals surface area contributed by atoms with Gasteiger partial charge in [-0.3, -0.25) is 19.3 Å². The summed E-state index contributed by atoms with van der Waals surface area (Å²) >= 11 is 9.29. The smallest absolute Gasteiger partial charge is 0.259 e. The number of nitrogens with one attached hydrogen (secondary N) is 2. The van der Waals surface area contributed by atoms with Crippen LogP contribution >= 0.6 is 27.5 Å². The molecule has 0 spiro atoms. The monoisotopic (exact) mass is 497 g/mol. The average Bonchev–Trinajstić information content (AvgIpc) is 2.76. The van der Waals surface area contributed by atoms with Crippen LogP contribution in [0.5, 0.6) is 0 Å². The Morgan fingerprint density at radius 1 is 1.00 bits per heavy atom. The average molecular weight is 499 g/mol. The molecular formula is C23H17BrClN3O3. The van der Waals surface area contributed by atoms with Gasteiger partial charge < -0.3 is 10.6 Å². The Kier molecular flexibility index (Phi) is 6.06. The molecule has 0 bridgehead atoms. The van der Waals surface area contributed by atoms with Gasteiger partial charge in [0.25, 0.3) is 5.91 Å². The van der Waals surface area contributed by atoms with Gasteiger partial charge in [0.05, 0.1) is 17.8 Å². The van der Waals surface area contributed by atoms with Crippen molar-refractivity contribution in [3.8, 4) is 0 Å². The molecule has 0 fully saturated rings. The predicted molar refractivity (Wildman–Crippen MR) is 125 cm³/mol. The van der Waals surface area contributed by atoms with Crippen molar-refractivity contribution < 1.29 is 14.4 Å². The minimum atomic E-state index is -1.01. The Bertz CT molecular complexity index is 1150. The van der Waals surface area contributed by atoms with E-state index in [0.29, 0.717) is 27.6 Å². The number of para-hydroxylation sites is 2. The van der Waals surface area contributed by atoms with Crippen LogP contribution in [0, 0.1) is 0 Å². The molecule has 8 heteroatoms. The maximum Gasteiger partial charge on any atom is 0.259 e. The summed E-state index contributed by atoms with van der Waals surface area (Å²) in [5, 5.41) is 6.06. The Morgan fingerprint density at radius 3 is 2.39 bits per heavy atom. The number of rotatable bonds is 4. The van der Waals surface area contributed by atoms with Gasteiger partial charge in [-0.05, 0) is 60.7 Å². The summed E-state index contributed by atoms with van der Waals surface area (Å²) < 4.78 is 0.883. The van der Waals surface area contributed by atoms with E-state index in [1.54, 1.807) is 72.8 Å². The van der Waals surface area contributed by atoms with Gasteiger partial charge in [0.2, 0.25) is 11.8 Å². The third-order valence-corrected chi connectivity index (χ3v) is 5.63. The zero-order valence-electron chi connectivity index (χ0n) is 16.1. The summed E-state index contributed by atoms with van der Waals surface area (Å²) in [5.74, 6) is -1.19. The third-order valence-electron chi connectivity index (χ3n) is 4.85. The van der Waals surface area contributed by atoms with Gasteiger partial charge >= 0.3 is 0 Å². The molecule has 0 unspecified atom stereocenters. The predicted octanol–water partition coefficient (Wildman–Crippen LogP) is 5.10. The molecule has 0 aliphatic carbocycles. The summed E-state index contributed by atoms with van der Waals surface area (Å²) in [6.07, 6.45) is -0.199. The molecule has 0 radical (unpaired) electrons. The van der Waals surface area contributed by atoms with E-state index in [2.05, 4.69) is 26.6 Å². The number of benzene rings is 3. The Hall–Kier alpha value is -3.16. The number of hydrogen-bond acceptors (Lipinski definition) is 3. The SMILES string of the molecule is O=C(C[C@@H]1C(=O)Nc2ccccc2N1C(=O)c1ccc(Cl)cc1)Nc1ccc(Br)cc1. The quantitative estimate of drug-likeness (QED) is 0.525. The van der Waals surface area contributed by atoms with Crippen molar-refractivity contribution in [1.82, 2.24) is 0 Å². The number of nitrogens with zero attached hydrogens (tertiary/aromatic N) is 1. The zero-order valence-corrected chi connectivity index (χ0v) is 18.5. The summed E-state index contributed by atoms with van der Waals surface area (Å²) in [6, 6.07) is 19.5. The number of carbonyl (C=O) groups is 3. The number of fused-ring (bicyclic) bond motifs is 1. The Morgan fingerprint density at radius 2 is 1.68 bits per heavy atom. The molecule has 1 aliphatic heterocycles. The molecular weight excluding hydrogens is 482 g/mol. The highest BCUT2D eigenvalue weighted by Gasteiger charge is 2.38. The molecule has 2 N–H and O–H groups in total. The molecule has 1 atom stereocenters. The second kappa shape index (κ2) is 8.91. The van der Waals surface area contributed by atoms with Crippen LogP contribution < -0.4 is 15.5 Å². The van der Waals surface area contributed by atoms with E-state index in [-0.39, 0.29) is 18.2 Å². The summed E-state index contributed by atoms with van der Waals surface area (Å²) in [4.78, 5) is 40.3. The van der Waals surface area contributed by atoms with Gasteiger partial charge in [-0.2, -0.15) is 0 Å². The van der Waals surface area contributed by atoms with Crippen molar-refractivity contribution in [3.05, 3.63) is 87.9 Å². The highest BCUT2D eigenvalue weighted by Crippen LogP contribution is 2.34. The molecule has 0 saturated heterocycles. The van der Waals surface area contributed by atoms with E-state index in [1.165, 1.54) is 4.90 Å². The van der Waals surface area contributed by atoms with Gasteiger partial charge in [-0.25, -0.2) is 0 Å². The lowest BCUT2D eigenvalue weighted by Gasteiger charge is -2.36. The lowest BCUT2D eigenvalue weighted by atomic mass is 10.0. The van der Waals surface area contributed by atoms with Crippen molar-refractivity contribution in [2.45, 2.75) is 12.5 Å². The van der Waals surface area contributed by atoms with Gasteiger partial charge in [0, 0.05) is 20.7 Å². The Labute approximate surface area is 192 Å². The van der Waals surface area contributed by atoms with Gasteiger partial charge in [0.15, 0.2) is 0 Å². The maximum absolute atomic E-state index is 13.4. The van der Waals surface area contributed by atoms with E-state index in [4.69, 9.17) is 11.6 Å². The molecule has 3 aromatic rings. The maximum atomic E-state index is 13.4. The first-order valence-electron chi connectivity index (χ1n) is 9.47. The first-order valence-corrected chi connectivity index (χ1v) is 10.6. The molecule has 3 amide bonds. The van der Waals surface area contributed by atoms with Crippen LogP contribution in [0.4, 0.5) is 17.1 Å². The highest BCUT2D eigenvalue weighted by atomic mass is 79.9. The largest absolute Gasteiger partial charge is 0.326 e. The highest BCUT2D eigenvalue weighted by molar-refractivity contribution is 9.10. The van der Waals surface area contributed by atoms with Crippen LogP contribution in [0.2, 0.25) is 5.02 Å². The fourth-order valence-electron chi connectivity index (χ4n) is 3.38. The van der Waals surface area contributed by atoms with Gasteiger partial charge in [-0.1, -0.05) is 39.7 Å². The standard InChI is InChI=1S/C23H17BrClN3O3/c24-15-7-11-17(12-8-15)26-21(29)13-20-22(30)27-18-3-1-2-4-19(18)28(20)23(31)14-5-9-16(25)10-6-14/h1-12,20H,13H2,(H,26,29)(H,27,30)/t20-/m1/s1. The van der Waals surface area contributed by atoms with E-state index >= 15 is 0 Å². The van der Waals surface area contributed by atoms with Crippen LogP contribution in [-0.2, 0) is 9.59 Å². The summed E-state index contributed by atoms with van der Waals surface area (Å²) in [5.41, 5.74) is 2.01. The zero-order chi connectivity index (χ0) is 22.0. The van der Waals surface area contributed by atoms with Crippen molar-refractivity contribution >= 4 is 62.3 Å². The normalized spacial score (nSPS) is 15.1.